The molecule has 0 aromatic heterocycles. The molecule has 5 nitrogen and oxygen atoms in total. The van der Waals surface area contributed by atoms with E-state index in [0.717, 1.165) is 0 Å². The number of carbonyl (C=O) groups excluding carboxylic acids is 2. The molecule has 1 aromatic rings. The number of anilines is 1. The van der Waals surface area contributed by atoms with Gasteiger partial charge in [0, 0.05) is 5.69 Å². The van der Waals surface area contributed by atoms with E-state index in [2.05, 4.69) is 31.4 Å². The Kier molecular flexibility index (Phi) is 5.81. The first-order valence-corrected chi connectivity index (χ1v) is 7.79. The van der Waals surface area contributed by atoms with Crippen LogP contribution in [0.4, 0.5) is 10.5 Å². The van der Waals surface area contributed by atoms with E-state index >= 15 is 0 Å². The highest BCUT2D eigenvalue weighted by atomic mass is 16.6. The molecule has 2 amide bonds. The fourth-order valence-corrected chi connectivity index (χ4v) is 1.85. The number of nitrogens with one attached hydrogen (secondary N) is 2. The highest BCUT2D eigenvalue weighted by molar-refractivity contribution is 5.96. The van der Waals surface area contributed by atoms with Gasteiger partial charge in [-0.15, -0.1) is 0 Å². The Hall–Kier alpha value is -2.04. The minimum Gasteiger partial charge on any atom is -0.444 e. The van der Waals surface area contributed by atoms with Crippen molar-refractivity contribution >= 4 is 17.7 Å². The largest absolute Gasteiger partial charge is 0.444 e. The molecule has 2 N–H and O–H groups in total. The lowest BCUT2D eigenvalue weighted by atomic mass is 9.87. The number of hydrogen-bond acceptors (Lipinski definition) is 3. The van der Waals surface area contributed by atoms with Gasteiger partial charge in [-0.2, -0.15) is 0 Å². The summed E-state index contributed by atoms with van der Waals surface area (Å²) < 4.78 is 5.13. The summed E-state index contributed by atoms with van der Waals surface area (Å²) in [6.45, 7) is 13.3. The van der Waals surface area contributed by atoms with Crippen LogP contribution >= 0.6 is 0 Å². The smallest absolute Gasteiger partial charge is 0.408 e. The van der Waals surface area contributed by atoms with Crippen molar-refractivity contribution in [2.75, 3.05) is 5.32 Å². The van der Waals surface area contributed by atoms with Crippen LogP contribution in [0.3, 0.4) is 0 Å². The molecule has 23 heavy (non-hydrogen) atoms. The fraction of sp³-hybridized carbons (Fsp3) is 0.556. The maximum absolute atomic E-state index is 12.1. The molecule has 0 unspecified atom stereocenters. The second-order valence-corrected chi connectivity index (χ2v) is 7.68. The van der Waals surface area contributed by atoms with Gasteiger partial charge < -0.3 is 15.4 Å². The molecule has 0 radical (unpaired) electrons. The van der Waals surface area contributed by atoms with Crippen LogP contribution in [0.15, 0.2) is 24.3 Å². The zero-order valence-electron chi connectivity index (χ0n) is 15.1. The standard InChI is InChI=1S/C18H28N2O3/c1-12(19-16(22)23-18(5,6)7)15(21)20-14-10-8-13(9-11-14)17(2,3)4/h8-12H,1-7H3,(H,19,22)(H,20,21)/t12-/m1/s1. The van der Waals surface area contributed by atoms with Gasteiger partial charge in [0.05, 0.1) is 0 Å². The molecule has 0 aliphatic carbocycles. The highest BCUT2D eigenvalue weighted by Crippen LogP contribution is 2.23. The molecular formula is C18H28N2O3. The third-order valence-electron chi connectivity index (χ3n) is 3.14. The van der Waals surface area contributed by atoms with Gasteiger partial charge in [0.2, 0.25) is 5.91 Å². The Bertz CT molecular complexity index is 551. The molecule has 0 aliphatic heterocycles. The second kappa shape index (κ2) is 7.02. The van der Waals surface area contributed by atoms with Gasteiger partial charge in [-0.05, 0) is 50.8 Å². The Balaban J connectivity index is 2.60. The zero-order valence-corrected chi connectivity index (χ0v) is 15.1. The lowest BCUT2D eigenvalue weighted by Gasteiger charge is -2.22. The van der Waals surface area contributed by atoms with Gasteiger partial charge in [0.15, 0.2) is 0 Å². The monoisotopic (exact) mass is 320 g/mol. The number of benzene rings is 1. The van der Waals surface area contributed by atoms with Crippen LogP contribution < -0.4 is 10.6 Å². The third-order valence-corrected chi connectivity index (χ3v) is 3.14. The zero-order chi connectivity index (χ0) is 17.8. The minimum absolute atomic E-state index is 0.0636. The molecule has 1 aromatic carbocycles. The van der Waals surface area contributed by atoms with Crippen molar-refractivity contribution in [2.24, 2.45) is 0 Å². The maximum Gasteiger partial charge on any atom is 0.408 e. The van der Waals surface area contributed by atoms with Crippen LogP contribution in [0.2, 0.25) is 0 Å². The van der Waals surface area contributed by atoms with Gasteiger partial charge in [0.1, 0.15) is 11.6 Å². The molecule has 0 heterocycles. The highest BCUT2D eigenvalue weighted by Gasteiger charge is 2.21. The quantitative estimate of drug-likeness (QED) is 0.889. The van der Waals surface area contributed by atoms with Crippen molar-refractivity contribution in [1.29, 1.82) is 0 Å². The molecule has 5 heteroatoms. The van der Waals surface area contributed by atoms with Crippen LogP contribution in [0, 0.1) is 0 Å². The number of ether oxygens (including phenoxy) is 1. The molecule has 0 spiro atoms. The van der Waals surface area contributed by atoms with Crippen LogP contribution in [0.5, 0.6) is 0 Å². The summed E-state index contributed by atoms with van der Waals surface area (Å²) in [6.07, 6.45) is -0.608. The number of hydrogen-bond donors (Lipinski definition) is 2. The van der Waals surface area contributed by atoms with E-state index in [9.17, 15) is 9.59 Å². The van der Waals surface area contributed by atoms with Gasteiger partial charge in [0.25, 0.3) is 0 Å². The number of carbonyl (C=O) groups is 2. The minimum atomic E-state index is -0.688. The van der Waals surface area contributed by atoms with E-state index in [1.54, 1.807) is 27.7 Å². The Morgan fingerprint density at radius 2 is 1.52 bits per heavy atom. The van der Waals surface area contributed by atoms with E-state index in [1.165, 1.54) is 5.56 Å². The van der Waals surface area contributed by atoms with Gasteiger partial charge in [-0.1, -0.05) is 32.9 Å². The molecule has 0 saturated carbocycles. The maximum atomic E-state index is 12.1. The average molecular weight is 320 g/mol. The second-order valence-electron chi connectivity index (χ2n) is 7.68. The average Bonchev–Trinajstić information content (AvgIpc) is 2.35. The van der Waals surface area contributed by atoms with Gasteiger partial charge >= 0.3 is 6.09 Å². The molecule has 128 valence electrons. The molecule has 1 rings (SSSR count). The number of rotatable bonds is 3. The fourth-order valence-electron chi connectivity index (χ4n) is 1.85. The van der Waals surface area contributed by atoms with Crippen LogP contribution in [-0.2, 0) is 14.9 Å². The van der Waals surface area contributed by atoms with Crippen molar-refractivity contribution in [2.45, 2.75) is 65.5 Å². The molecule has 1 atom stereocenters. The van der Waals surface area contributed by atoms with E-state index in [4.69, 9.17) is 4.74 Å². The summed E-state index contributed by atoms with van der Waals surface area (Å²) in [7, 11) is 0. The first-order valence-electron chi connectivity index (χ1n) is 7.79. The Morgan fingerprint density at radius 3 is 1.96 bits per heavy atom. The topological polar surface area (TPSA) is 67.4 Å². The molecule has 0 aliphatic rings. The van der Waals surface area contributed by atoms with Gasteiger partial charge in [-0.25, -0.2) is 4.79 Å². The molecule has 0 saturated heterocycles. The van der Waals surface area contributed by atoms with Crippen molar-refractivity contribution in [3.63, 3.8) is 0 Å². The van der Waals surface area contributed by atoms with Crippen molar-refractivity contribution in [3.05, 3.63) is 29.8 Å². The van der Waals surface area contributed by atoms with Crippen molar-refractivity contribution in [3.8, 4) is 0 Å². The number of amides is 2. The molecule has 0 bridgehead atoms. The summed E-state index contributed by atoms with van der Waals surface area (Å²) in [4.78, 5) is 23.8. The summed E-state index contributed by atoms with van der Waals surface area (Å²) in [5.41, 5.74) is 1.35. The summed E-state index contributed by atoms with van der Waals surface area (Å²) in [5.74, 6) is -0.292. The van der Waals surface area contributed by atoms with E-state index in [1.807, 2.05) is 24.3 Å². The van der Waals surface area contributed by atoms with Crippen LogP contribution in [0.25, 0.3) is 0 Å². The third kappa shape index (κ3) is 6.72. The SMILES string of the molecule is C[C@@H](NC(=O)OC(C)(C)C)C(=O)Nc1ccc(C(C)(C)C)cc1. The molecule has 0 fully saturated rings. The van der Waals surface area contributed by atoms with Crippen molar-refractivity contribution in [1.82, 2.24) is 5.32 Å². The van der Waals surface area contributed by atoms with E-state index in [-0.39, 0.29) is 11.3 Å². The first kappa shape index (κ1) is 19.0. The van der Waals surface area contributed by atoms with Crippen LogP contribution in [-0.4, -0.2) is 23.6 Å². The Labute approximate surface area is 138 Å². The predicted octanol–water partition coefficient (Wildman–Crippen LogP) is 3.84. The van der Waals surface area contributed by atoms with Gasteiger partial charge in [-0.3, -0.25) is 4.79 Å². The van der Waals surface area contributed by atoms with E-state index < -0.39 is 17.7 Å². The normalized spacial score (nSPS) is 13.2. The summed E-state index contributed by atoms with van der Waals surface area (Å²) in [5, 5.41) is 5.30. The lowest BCUT2D eigenvalue weighted by Crippen LogP contribution is -2.43. The van der Waals surface area contributed by atoms with Crippen LogP contribution in [0.1, 0.15) is 54.0 Å². The molecular weight excluding hydrogens is 292 g/mol. The first-order chi connectivity index (χ1) is 10.4. The summed E-state index contributed by atoms with van der Waals surface area (Å²) in [6, 6.07) is 7.01. The lowest BCUT2D eigenvalue weighted by molar-refractivity contribution is -0.117. The van der Waals surface area contributed by atoms with E-state index in [0.29, 0.717) is 5.69 Å². The Morgan fingerprint density at radius 1 is 1.00 bits per heavy atom. The number of alkyl carbamates (subject to hydrolysis) is 1. The predicted molar refractivity (Wildman–Crippen MR) is 92.6 cm³/mol. The van der Waals surface area contributed by atoms with Crippen molar-refractivity contribution < 1.29 is 14.3 Å². The summed E-state index contributed by atoms with van der Waals surface area (Å²) >= 11 is 0.